The van der Waals surface area contributed by atoms with Crippen LogP contribution in [0.25, 0.3) is 0 Å². The molecule has 1 heterocycles. The van der Waals surface area contributed by atoms with Gasteiger partial charge in [0.2, 0.25) is 0 Å². The van der Waals surface area contributed by atoms with E-state index in [0.29, 0.717) is 23.3 Å². The molecule has 1 fully saturated rings. The third kappa shape index (κ3) is 4.12. The Morgan fingerprint density at radius 3 is 2.42 bits per heavy atom. The average molecular weight is 446 g/mol. The van der Waals surface area contributed by atoms with E-state index in [1.54, 1.807) is 18.2 Å². The molecule has 2 aromatic carbocycles. The minimum atomic E-state index is -0.711. The van der Waals surface area contributed by atoms with Gasteiger partial charge >= 0.3 is 5.97 Å². The Kier molecular flexibility index (Phi) is 5.88. The molecular weight excluding hydrogens is 417 g/mol. The van der Waals surface area contributed by atoms with Gasteiger partial charge in [0.15, 0.2) is 0 Å². The predicted octanol–water partition coefficient (Wildman–Crippen LogP) is 5.53. The van der Waals surface area contributed by atoms with Crippen LogP contribution < -0.4 is 5.32 Å². The molecule has 2 aromatic rings. The van der Waals surface area contributed by atoms with Crippen molar-refractivity contribution in [2.24, 2.45) is 5.92 Å². The number of nitrogens with one attached hydrogen (secondary N) is 1. The zero-order valence-electron chi connectivity index (χ0n) is 18.7. The lowest BCUT2D eigenvalue weighted by atomic mass is 9.68. The van der Waals surface area contributed by atoms with Crippen LogP contribution in [0.2, 0.25) is 0 Å². The summed E-state index contributed by atoms with van der Waals surface area (Å²) in [7, 11) is 0. The van der Waals surface area contributed by atoms with Gasteiger partial charge in [-0.1, -0.05) is 54.6 Å². The van der Waals surface area contributed by atoms with Crippen molar-refractivity contribution in [2.75, 3.05) is 0 Å². The van der Waals surface area contributed by atoms with E-state index >= 15 is 4.39 Å². The highest BCUT2D eigenvalue weighted by atomic mass is 19.1. The van der Waals surface area contributed by atoms with Gasteiger partial charge in [0.25, 0.3) is 0 Å². The molecule has 0 radical (unpaired) electrons. The number of esters is 1. The SMILES string of the molecule is CC1=C(C(=O)OC2CCCC2)C(c2ccccc2F)C2C(=O)CC(c3ccccc3)C=C2N1. The van der Waals surface area contributed by atoms with E-state index in [4.69, 9.17) is 4.74 Å². The molecule has 5 rings (SSSR count). The normalized spacial score (nSPS) is 25.3. The molecule has 2 aliphatic carbocycles. The van der Waals surface area contributed by atoms with Gasteiger partial charge in [-0.05, 0) is 49.8 Å². The van der Waals surface area contributed by atoms with Gasteiger partial charge in [0.1, 0.15) is 17.7 Å². The molecular formula is C28H28FNO3. The number of Topliss-reactive ketones (excluding diaryl/α,β-unsaturated/α-hetero) is 1. The maximum Gasteiger partial charge on any atom is 0.336 e. The van der Waals surface area contributed by atoms with Crippen LogP contribution in [0.5, 0.6) is 0 Å². The Labute approximate surface area is 193 Å². The van der Waals surface area contributed by atoms with Gasteiger partial charge in [-0.15, -0.1) is 0 Å². The smallest absolute Gasteiger partial charge is 0.336 e. The average Bonchev–Trinajstić information content (AvgIpc) is 3.32. The zero-order valence-corrected chi connectivity index (χ0v) is 18.7. The number of hydrogen-bond donors (Lipinski definition) is 1. The Morgan fingerprint density at radius 2 is 1.70 bits per heavy atom. The van der Waals surface area contributed by atoms with Crippen LogP contribution >= 0.6 is 0 Å². The summed E-state index contributed by atoms with van der Waals surface area (Å²) in [5.41, 5.74) is 3.15. The maximum atomic E-state index is 15.0. The van der Waals surface area contributed by atoms with E-state index < -0.39 is 23.6 Å². The van der Waals surface area contributed by atoms with Gasteiger partial charge in [-0.3, -0.25) is 4.79 Å². The first-order valence-electron chi connectivity index (χ1n) is 11.8. The minimum Gasteiger partial charge on any atom is -0.459 e. The Hall–Kier alpha value is -3.21. The van der Waals surface area contributed by atoms with Crippen LogP contribution in [0.3, 0.4) is 0 Å². The van der Waals surface area contributed by atoms with Crippen LogP contribution in [0.4, 0.5) is 4.39 Å². The van der Waals surface area contributed by atoms with Crippen molar-refractivity contribution in [3.05, 3.63) is 94.6 Å². The first kappa shape index (κ1) is 21.6. The first-order valence-corrected chi connectivity index (χ1v) is 11.8. The number of halogens is 1. The second-order valence-corrected chi connectivity index (χ2v) is 9.26. The number of benzene rings is 2. The Morgan fingerprint density at radius 1 is 1.00 bits per heavy atom. The standard InChI is InChI=1S/C28H28FNO3/c1-17-25(28(32)33-20-11-5-6-12-20)26(21-13-7-8-14-22(21)29)27-23(30-17)15-19(16-24(27)31)18-9-3-2-4-10-18/h2-4,7-10,13-15,19-20,26-27,30H,5-6,11-12,16H2,1H3. The van der Waals surface area contributed by atoms with E-state index in [9.17, 15) is 9.59 Å². The van der Waals surface area contributed by atoms with Crippen molar-refractivity contribution in [3.63, 3.8) is 0 Å². The lowest BCUT2D eigenvalue weighted by molar-refractivity contribution is -0.144. The van der Waals surface area contributed by atoms with Crippen LogP contribution in [0, 0.1) is 11.7 Å². The van der Waals surface area contributed by atoms with Gasteiger partial charge in [-0.2, -0.15) is 0 Å². The minimum absolute atomic E-state index is 0.000715. The van der Waals surface area contributed by atoms with E-state index in [0.717, 1.165) is 36.9 Å². The maximum absolute atomic E-state index is 15.0. The molecule has 0 saturated heterocycles. The second-order valence-electron chi connectivity index (χ2n) is 9.26. The molecule has 0 spiro atoms. The summed E-state index contributed by atoms with van der Waals surface area (Å²) in [6.45, 7) is 1.81. The summed E-state index contributed by atoms with van der Waals surface area (Å²) in [4.78, 5) is 26.9. The highest BCUT2D eigenvalue weighted by Crippen LogP contribution is 2.47. The van der Waals surface area contributed by atoms with Crippen molar-refractivity contribution in [2.45, 2.75) is 57.0 Å². The summed E-state index contributed by atoms with van der Waals surface area (Å²) in [5.74, 6) is -2.27. The number of hydrogen-bond acceptors (Lipinski definition) is 4. The number of carbonyl (C=O) groups is 2. The summed E-state index contributed by atoms with van der Waals surface area (Å²) in [6.07, 6.45) is 6.05. The zero-order chi connectivity index (χ0) is 22.9. The fraction of sp³-hybridized carbons (Fsp3) is 0.357. The third-order valence-corrected chi connectivity index (χ3v) is 7.13. The second kappa shape index (κ2) is 8.97. The highest BCUT2D eigenvalue weighted by molar-refractivity contribution is 5.96. The monoisotopic (exact) mass is 445 g/mol. The quantitative estimate of drug-likeness (QED) is 0.629. The van der Waals surface area contributed by atoms with E-state index in [-0.39, 0.29) is 17.8 Å². The molecule has 1 aliphatic heterocycles. The molecule has 3 unspecified atom stereocenters. The van der Waals surface area contributed by atoms with Gasteiger partial charge in [0.05, 0.1) is 11.5 Å². The molecule has 0 aromatic heterocycles. The summed E-state index contributed by atoms with van der Waals surface area (Å²) in [6, 6.07) is 16.3. The number of allylic oxidation sites excluding steroid dienone is 3. The lowest BCUT2D eigenvalue weighted by Crippen LogP contribution is -2.42. The van der Waals surface area contributed by atoms with Gasteiger partial charge in [-0.25, -0.2) is 9.18 Å². The van der Waals surface area contributed by atoms with Crippen LogP contribution in [-0.4, -0.2) is 17.9 Å². The fourth-order valence-electron chi connectivity index (χ4n) is 5.54. The predicted molar refractivity (Wildman–Crippen MR) is 124 cm³/mol. The van der Waals surface area contributed by atoms with Crippen molar-refractivity contribution in [1.82, 2.24) is 5.32 Å². The van der Waals surface area contributed by atoms with Crippen molar-refractivity contribution >= 4 is 11.8 Å². The molecule has 170 valence electrons. The number of ketones is 1. The molecule has 0 bridgehead atoms. The number of rotatable bonds is 4. The Bertz CT molecular complexity index is 1130. The molecule has 33 heavy (non-hydrogen) atoms. The summed E-state index contributed by atoms with van der Waals surface area (Å²) < 4.78 is 20.9. The first-order chi connectivity index (χ1) is 16.0. The summed E-state index contributed by atoms with van der Waals surface area (Å²) >= 11 is 0. The highest BCUT2D eigenvalue weighted by Gasteiger charge is 2.46. The van der Waals surface area contributed by atoms with E-state index in [1.165, 1.54) is 6.07 Å². The van der Waals surface area contributed by atoms with Gasteiger partial charge in [0, 0.05) is 29.7 Å². The number of carbonyl (C=O) groups excluding carboxylic acids is 2. The van der Waals surface area contributed by atoms with E-state index in [1.807, 2.05) is 37.3 Å². The van der Waals surface area contributed by atoms with Gasteiger partial charge < -0.3 is 10.1 Å². The van der Waals surface area contributed by atoms with Crippen LogP contribution in [0.15, 0.2) is 77.6 Å². The molecule has 1 saturated carbocycles. The van der Waals surface area contributed by atoms with Crippen molar-refractivity contribution in [1.29, 1.82) is 0 Å². The Balaban J connectivity index is 1.58. The largest absolute Gasteiger partial charge is 0.459 e. The van der Waals surface area contributed by atoms with Crippen molar-refractivity contribution < 1.29 is 18.7 Å². The lowest BCUT2D eigenvalue weighted by Gasteiger charge is -2.39. The molecule has 3 atom stereocenters. The third-order valence-electron chi connectivity index (χ3n) is 7.13. The molecule has 0 amide bonds. The number of fused-ring (bicyclic) bond motifs is 1. The van der Waals surface area contributed by atoms with Crippen molar-refractivity contribution in [3.8, 4) is 0 Å². The molecule has 4 nitrogen and oxygen atoms in total. The number of ether oxygens (including phenoxy) is 1. The fourth-order valence-corrected chi connectivity index (χ4v) is 5.54. The van der Waals surface area contributed by atoms with Crippen LogP contribution in [-0.2, 0) is 14.3 Å². The molecule has 1 N–H and O–H groups in total. The summed E-state index contributed by atoms with van der Waals surface area (Å²) in [5, 5.41) is 3.32. The molecule has 5 heteroatoms. The molecule has 3 aliphatic rings. The topological polar surface area (TPSA) is 55.4 Å². The van der Waals surface area contributed by atoms with E-state index in [2.05, 4.69) is 11.4 Å². The van der Waals surface area contributed by atoms with Crippen LogP contribution in [0.1, 0.15) is 62.0 Å².